The third kappa shape index (κ3) is 17.3. The van der Waals surface area contributed by atoms with Gasteiger partial charge in [-0.3, -0.25) is 0 Å². The van der Waals surface area contributed by atoms with Gasteiger partial charge in [0.15, 0.2) is 0 Å². The van der Waals surface area contributed by atoms with E-state index in [9.17, 15) is 4.79 Å². The largest absolute Gasteiger partial charge is 0.395 e. The van der Waals surface area contributed by atoms with Gasteiger partial charge in [0.05, 0.1) is 6.61 Å². The fourth-order valence-electron chi connectivity index (χ4n) is 2.58. The summed E-state index contributed by atoms with van der Waals surface area (Å²) in [5.41, 5.74) is 0. The van der Waals surface area contributed by atoms with Crippen LogP contribution in [0.4, 0.5) is 4.79 Å². The van der Waals surface area contributed by atoms with Crippen LogP contribution in [-0.4, -0.2) is 30.8 Å². The summed E-state index contributed by atoms with van der Waals surface area (Å²) in [5.74, 6) is 0. The molecule has 0 saturated carbocycles. The molecule has 0 fully saturated rings. The topological polar surface area (TPSA) is 61.4 Å². The monoisotopic (exact) mass is 314 g/mol. The summed E-state index contributed by atoms with van der Waals surface area (Å²) in [5, 5.41) is 13.9. The Morgan fingerprint density at radius 3 is 1.55 bits per heavy atom. The van der Waals surface area contributed by atoms with E-state index >= 15 is 0 Å². The number of amides is 2. The molecule has 0 aliphatic heterocycles. The number of hydrogen-bond acceptors (Lipinski definition) is 2. The highest BCUT2D eigenvalue weighted by Crippen LogP contribution is 2.12. The first-order chi connectivity index (χ1) is 10.8. The molecule has 0 saturated heterocycles. The van der Waals surface area contributed by atoms with E-state index in [0.717, 1.165) is 13.0 Å². The average Bonchev–Trinajstić information content (AvgIpc) is 2.53. The molecule has 0 aromatic rings. The van der Waals surface area contributed by atoms with Crippen molar-refractivity contribution in [3.05, 3.63) is 0 Å². The van der Waals surface area contributed by atoms with Crippen LogP contribution < -0.4 is 10.6 Å². The molecule has 0 aliphatic carbocycles. The van der Waals surface area contributed by atoms with Crippen LogP contribution in [0.3, 0.4) is 0 Å². The number of aliphatic hydroxyl groups excluding tert-OH is 1. The number of hydrogen-bond donors (Lipinski definition) is 3. The zero-order valence-electron chi connectivity index (χ0n) is 14.7. The molecule has 0 rings (SSSR count). The van der Waals surface area contributed by atoms with E-state index in [1.807, 2.05) is 0 Å². The molecule has 3 N–H and O–H groups in total. The first kappa shape index (κ1) is 21.2. The van der Waals surface area contributed by atoms with E-state index in [1.54, 1.807) is 0 Å². The predicted molar refractivity (Wildman–Crippen MR) is 94.2 cm³/mol. The van der Waals surface area contributed by atoms with Gasteiger partial charge in [-0.1, -0.05) is 84.0 Å². The van der Waals surface area contributed by atoms with Crippen LogP contribution in [0.25, 0.3) is 0 Å². The van der Waals surface area contributed by atoms with Gasteiger partial charge in [0.25, 0.3) is 0 Å². The average molecular weight is 315 g/mol. The molecule has 0 heterocycles. The number of unbranched alkanes of at least 4 members (excludes halogenated alkanes) is 12. The first-order valence-corrected chi connectivity index (χ1v) is 9.43. The van der Waals surface area contributed by atoms with Crippen molar-refractivity contribution in [3.63, 3.8) is 0 Å². The molecule has 4 heteroatoms. The molecule has 0 aromatic heterocycles. The molecular formula is C18H38N2O2. The van der Waals surface area contributed by atoms with Gasteiger partial charge >= 0.3 is 6.03 Å². The lowest BCUT2D eigenvalue weighted by Gasteiger charge is -2.06. The summed E-state index contributed by atoms with van der Waals surface area (Å²) in [6, 6.07) is -0.173. The quantitative estimate of drug-likeness (QED) is 0.370. The maximum Gasteiger partial charge on any atom is 0.314 e. The summed E-state index contributed by atoms with van der Waals surface area (Å²) in [4.78, 5) is 11.2. The van der Waals surface area contributed by atoms with Crippen LogP contribution in [0, 0.1) is 0 Å². The number of aliphatic hydroxyl groups is 1. The van der Waals surface area contributed by atoms with Crippen LogP contribution in [0.5, 0.6) is 0 Å². The number of carbonyl (C=O) groups excluding carboxylic acids is 1. The Morgan fingerprint density at radius 2 is 1.09 bits per heavy atom. The molecule has 0 unspecified atom stereocenters. The van der Waals surface area contributed by atoms with Gasteiger partial charge in [0.1, 0.15) is 0 Å². The Labute approximate surface area is 137 Å². The third-order valence-corrected chi connectivity index (χ3v) is 3.96. The molecule has 0 atom stereocenters. The predicted octanol–water partition coefficient (Wildman–Crippen LogP) is 4.37. The molecule has 22 heavy (non-hydrogen) atoms. The minimum absolute atomic E-state index is 0.00778. The second-order valence-corrected chi connectivity index (χ2v) is 6.15. The Hall–Kier alpha value is -0.770. The highest BCUT2D eigenvalue weighted by atomic mass is 16.3. The Bertz CT molecular complexity index is 235. The van der Waals surface area contributed by atoms with Gasteiger partial charge in [-0.2, -0.15) is 0 Å². The van der Waals surface area contributed by atoms with Crippen molar-refractivity contribution in [1.29, 1.82) is 0 Å². The van der Waals surface area contributed by atoms with Crippen molar-refractivity contribution in [2.45, 2.75) is 90.4 Å². The van der Waals surface area contributed by atoms with Gasteiger partial charge < -0.3 is 15.7 Å². The SMILES string of the molecule is CCCCCCCCCCCCCCCNC(=O)NCCO. The van der Waals surface area contributed by atoms with Crippen LogP contribution in [-0.2, 0) is 0 Å². The lowest BCUT2D eigenvalue weighted by Crippen LogP contribution is -2.37. The highest BCUT2D eigenvalue weighted by molar-refractivity contribution is 5.73. The molecule has 2 amide bonds. The summed E-state index contributed by atoms with van der Waals surface area (Å²) in [6.45, 7) is 3.31. The second kappa shape index (κ2) is 18.3. The molecule has 4 nitrogen and oxygen atoms in total. The van der Waals surface area contributed by atoms with Crippen molar-refractivity contribution in [1.82, 2.24) is 10.6 Å². The van der Waals surface area contributed by atoms with Crippen LogP contribution in [0.1, 0.15) is 90.4 Å². The van der Waals surface area contributed by atoms with Crippen LogP contribution >= 0.6 is 0 Å². The van der Waals surface area contributed by atoms with E-state index in [2.05, 4.69) is 17.6 Å². The Morgan fingerprint density at radius 1 is 0.682 bits per heavy atom. The summed E-state index contributed by atoms with van der Waals surface area (Å²) >= 11 is 0. The number of carbonyl (C=O) groups is 1. The molecule has 0 aliphatic rings. The van der Waals surface area contributed by atoms with Crippen LogP contribution in [0.2, 0.25) is 0 Å². The number of urea groups is 1. The molecule has 0 spiro atoms. The van der Waals surface area contributed by atoms with E-state index in [1.165, 1.54) is 77.0 Å². The molecule has 0 aromatic carbocycles. The van der Waals surface area contributed by atoms with Crippen molar-refractivity contribution in [2.75, 3.05) is 19.7 Å². The van der Waals surface area contributed by atoms with E-state index in [4.69, 9.17) is 5.11 Å². The van der Waals surface area contributed by atoms with Crippen molar-refractivity contribution in [3.8, 4) is 0 Å². The molecule has 0 bridgehead atoms. The second-order valence-electron chi connectivity index (χ2n) is 6.15. The third-order valence-electron chi connectivity index (χ3n) is 3.96. The summed E-state index contributed by atoms with van der Waals surface area (Å²) in [7, 11) is 0. The number of nitrogens with one attached hydrogen (secondary N) is 2. The lowest BCUT2D eigenvalue weighted by atomic mass is 10.0. The van der Waals surface area contributed by atoms with Crippen LogP contribution in [0.15, 0.2) is 0 Å². The maximum absolute atomic E-state index is 11.2. The lowest BCUT2D eigenvalue weighted by molar-refractivity contribution is 0.234. The Balaban J connectivity index is 3.04. The summed E-state index contributed by atoms with van der Waals surface area (Å²) < 4.78 is 0. The Kier molecular flexibility index (Phi) is 17.6. The van der Waals surface area contributed by atoms with Gasteiger partial charge in [-0.05, 0) is 6.42 Å². The summed E-state index contributed by atoms with van der Waals surface area (Å²) in [6.07, 6.45) is 17.4. The van der Waals surface area contributed by atoms with E-state index < -0.39 is 0 Å². The smallest absolute Gasteiger partial charge is 0.314 e. The zero-order chi connectivity index (χ0) is 16.3. The van der Waals surface area contributed by atoms with E-state index in [-0.39, 0.29) is 12.6 Å². The fourth-order valence-corrected chi connectivity index (χ4v) is 2.58. The van der Waals surface area contributed by atoms with Gasteiger partial charge in [-0.15, -0.1) is 0 Å². The van der Waals surface area contributed by atoms with Gasteiger partial charge in [0, 0.05) is 13.1 Å². The molecule has 0 radical (unpaired) electrons. The minimum Gasteiger partial charge on any atom is -0.395 e. The minimum atomic E-state index is -0.173. The number of rotatable bonds is 16. The van der Waals surface area contributed by atoms with Crippen molar-refractivity contribution < 1.29 is 9.90 Å². The first-order valence-electron chi connectivity index (χ1n) is 9.43. The molecular weight excluding hydrogens is 276 g/mol. The standard InChI is InChI=1S/C18H38N2O2/c1-2-3-4-5-6-7-8-9-10-11-12-13-14-15-19-18(22)20-16-17-21/h21H,2-17H2,1H3,(H2,19,20,22). The van der Waals surface area contributed by atoms with Gasteiger partial charge in [0.2, 0.25) is 0 Å². The molecule has 132 valence electrons. The normalized spacial score (nSPS) is 10.6. The van der Waals surface area contributed by atoms with Crippen molar-refractivity contribution >= 4 is 6.03 Å². The van der Waals surface area contributed by atoms with Gasteiger partial charge in [-0.25, -0.2) is 4.79 Å². The zero-order valence-corrected chi connectivity index (χ0v) is 14.7. The van der Waals surface area contributed by atoms with E-state index in [0.29, 0.717) is 6.54 Å². The van der Waals surface area contributed by atoms with Crippen molar-refractivity contribution in [2.24, 2.45) is 0 Å². The maximum atomic E-state index is 11.2. The fraction of sp³-hybridized carbons (Fsp3) is 0.944. The highest BCUT2D eigenvalue weighted by Gasteiger charge is 1.97.